The summed E-state index contributed by atoms with van der Waals surface area (Å²) in [4.78, 5) is 29.3. The fraction of sp³-hybridized carbons (Fsp3) is 0.867. The molecule has 2 saturated heterocycles. The minimum Gasteiger partial charge on any atom is -0.323 e. The Kier molecular flexibility index (Phi) is 4.74. The summed E-state index contributed by atoms with van der Waals surface area (Å²) in [7, 11) is 0. The van der Waals surface area contributed by atoms with Gasteiger partial charge < -0.3 is 5.32 Å². The van der Waals surface area contributed by atoms with Crippen molar-refractivity contribution in [2.75, 3.05) is 39.4 Å². The molecule has 0 atom stereocenters. The molecule has 3 rings (SSSR count). The highest BCUT2D eigenvalue weighted by Gasteiger charge is 2.51. The zero-order valence-corrected chi connectivity index (χ0v) is 13.6. The number of nitrogens with one attached hydrogen (secondary N) is 1. The Morgan fingerprint density at radius 2 is 1.54 bits per heavy atom. The fourth-order valence-corrected chi connectivity index (χ4v) is 3.84. The van der Waals surface area contributed by atoms with Crippen molar-refractivity contribution < 1.29 is 22.8 Å². The van der Waals surface area contributed by atoms with Crippen molar-refractivity contribution in [2.45, 2.75) is 43.8 Å². The standard InChI is InChI=1S/C15H23F3N4O2/c16-15(17,18)10-20-6-8-21(9-7-20)11-22-12(23)14(19-13(22)24)4-2-1-3-5-14/h1-11H2,(H,19,24). The summed E-state index contributed by atoms with van der Waals surface area (Å²) in [6, 6.07) is -0.375. The van der Waals surface area contributed by atoms with Crippen LogP contribution in [0.5, 0.6) is 0 Å². The van der Waals surface area contributed by atoms with Crippen LogP contribution in [0, 0.1) is 0 Å². The summed E-state index contributed by atoms with van der Waals surface area (Å²) in [6.45, 7) is 0.655. The van der Waals surface area contributed by atoms with E-state index in [1.165, 1.54) is 9.80 Å². The van der Waals surface area contributed by atoms with E-state index in [9.17, 15) is 22.8 Å². The monoisotopic (exact) mass is 348 g/mol. The number of nitrogens with zero attached hydrogens (tertiary/aromatic N) is 3. The molecule has 0 bridgehead atoms. The molecule has 3 aliphatic rings. The van der Waals surface area contributed by atoms with Gasteiger partial charge in [0.1, 0.15) is 5.54 Å². The van der Waals surface area contributed by atoms with Crippen LogP contribution in [0.3, 0.4) is 0 Å². The van der Waals surface area contributed by atoms with Gasteiger partial charge in [-0.2, -0.15) is 13.2 Å². The molecule has 1 N–H and O–H groups in total. The number of piperazine rings is 1. The highest BCUT2D eigenvalue weighted by molar-refractivity contribution is 6.07. The zero-order chi connectivity index (χ0) is 17.4. The number of amides is 3. The predicted molar refractivity (Wildman–Crippen MR) is 80.1 cm³/mol. The van der Waals surface area contributed by atoms with Gasteiger partial charge in [-0.3, -0.25) is 14.6 Å². The average molecular weight is 348 g/mol. The number of alkyl halides is 3. The maximum Gasteiger partial charge on any atom is 0.401 e. The highest BCUT2D eigenvalue weighted by atomic mass is 19.4. The van der Waals surface area contributed by atoms with Crippen molar-refractivity contribution in [3.63, 3.8) is 0 Å². The maximum absolute atomic E-state index is 12.7. The third kappa shape index (κ3) is 3.66. The van der Waals surface area contributed by atoms with Gasteiger partial charge in [0.25, 0.3) is 5.91 Å². The maximum atomic E-state index is 12.7. The second-order valence-corrected chi connectivity index (χ2v) is 6.96. The first-order valence-corrected chi connectivity index (χ1v) is 8.45. The molecule has 1 saturated carbocycles. The topological polar surface area (TPSA) is 55.9 Å². The molecule has 3 fully saturated rings. The smallest absolute Gasteiger partial charge is 0.323 e. The molecule has 2 heterocycles. The molecule has 0 aromatic carbocycles. The molecule has 24 heavy (non-hydrogen) atoms. The Balaban J connectivity index is 1.53. The molecule has 6 nitrogen and oxygen atoms in total. The van der Waals surface area contributed by atoms with Crippen LogP contribution >= 0.6 is 0 Å². The van der Waals surface area contributed by atoms with Crippen LogP contribution < -0.4 is 5.32 Å². The van der Waals surface area contributed by atoms with Crippen LogP contribution in [0.25, 0.3) is 0 Å². The van der Waals surface area contributed by atoms with E-state index < -0.39 is 18.3 Å². The molecule has 0 aromatic heterocycles. The third-order valence-electron chi connectivity index (χ3n) is 5.16. The summed E-state index contributed by atoms with van der Waals surface area (Å²) < 4.78 is 37.2. The van der Waals surface area contributed by atoms with Gasteiger partial charge in [-0.05, 0) is 12.8 Å². The van der Waals surface area contributed by atoms with E-state index in [2.05, 4.69) is 5.32 Å². The van der Waals surface area contributed by atoms with Crippen LogP contribution in [0.15, 0.2) is 0 Å². The van der Waals surface area contributed by atoms with Crippen LogP contribution in [0.4, 0.5) is 18.0 Å². The van der Waals surface area contributed by atoms with E-state index in [1.54, 1.807) is 0 Å². The number of imide groups is 1. The van der Waals surface area contributed by atoms with Gasteiger partial charge in [0.15, 0.2) is 0 Å². The molecule has 1 spiro atoms. The van der Waals surface area contributed by atoms with Gasteiger partial charge in [0.05, 0.1) is 13.2 Å². The van der Waals surface area contributed by atoms with Crippen molar-refractivity contribution in [1.29, 1.82) is 0 Å². The van der Waals surface area contributed by atoms with Gasteiger partial charge in [0, 0.05) is 26.2 Å². The molecular formula is C15H23F3N4O2. The molecule has 0 aromatic rings. The second kappa shape index (κ2) is 6.51. The summed E-state index contributed by atoms with van der Waals surface area (Å²) in [5, 5.41) is 2.85. The van der Waals surface area contributed by atoms with Crippen molar-refractivity contribution in [2.24, 2.45) is 0 Å². The largest absolute Gasteiger partial charge is 0.401 e. The molecule has 0 unspecified atom stereocenters. The zero-order valence-electron chi connectivity index (χ0n) is 13.6. The van der Waals surface area contributed by atoms with Crippen molar-refractivity contribution in [3.8, 4) is 0 Å². The van der Waals surface area contributed by atoms with E-state index in [-0.39, 0.29) is 31.7 Å². The summed E-state index contributed by atoms with van der Waals surface area (Å²) in [5.41, 5.74) is -0.743. The summed E-state index contributed by atoms with van der Waals surface area (Å²) in [5.74, 6) is -0.176. The second-order valence-electron chi connectivity index (χ2n) is 6.96. The van der Waals surface area contributed by atoms with Gasteiger partial charge in [-0.25, -0.2) is 9.69 Å². The average Bonchev–Trinajstić information content (AvgIpc) is 2.73. The van der Waals surface area contributed by atoms with Gasteiger partial charge in [0.2, 0.25) is 0 Å². The van der Waals surface area contributed by atoms with Crippen molar-refractivity contribution in [1.82, 2.24) is 20.0 Å². The molecule has 2 aliphatic heterocycles. The van der Waals surface area contributed by atoms with Crippen molar-refractivity contribution >= 4 is 11.9 Å². The van der Waals surface area contributed by atoms with Crippen LogP contribution in [0.2, 0.25) is 0 Å². The SMILES string of the molecule is O=C1NC2(CCCCC2)C(=O)N1CN1CCN(CC(F)(F)F)CC1. The minimum atomic E-state index is -4.19. The lowest BCUT2D eigenvalue weighted by Gasteiger charge is -2.36. The number of rotatable bonds is 3. The van der Waals surface area contributed by atoms with E-state index in [0.717, 1.165) is 19.3 Å². The highest BCUT2D eigenvalue weighted by Crippen LogP contribution is 2.33. The number of hydrogen-bond donors (Lipinski definition) is 1. The Morgan fingerprint density at radius 3 is 2.12 bits per heavy atom. The third-order valence-corrected chi connectivity index (χ3v) is 5.16. The lowest BCUT2D eigenvalue weighted by Crippen LogP contribution is -2.53. The molecule has 1 aliphatic carbocycles. The van der Waals surface area contributed by atoms with E-state index >= 15 is 0 Å². The Hall–Kier alpha value is -1.35. The predicted octanol–water partition coefficient (Wildman–Crippen LogP) is 1.38. The molecule has 136 valence electrons. The van der Waals surface area contributed by atoms with Gasteiger partial charge in [-0.15, -0.1) is 0 Å². The fourth-order valence-electron chi connectivity index (χ4n) is 3.84. The normalized spacial score (nSPS) is 26.2. The Morgan fingerprint density at radius 1 is 0.958 bits per heavy atom. The number of urea groups is 1. The Bertz CT molecular complexity index is 497. The van der Waals surface area contributed by atoms with Gasteiger partial charge >= 0.3 is 12.2 Å². The van der Waals surface area contributed by atoms with Crippen molar-refractivity contribution in [3.05, 3.63) is 0 Å². The van der Waals surface area contributed by atoms with Crippen LogP contribution in [-0.2, 0) is 4.79 Å². The number of halogens is 3. The number of carbonyl (C=O) groups excluding carboxylic acids is 2. The molecule has 3 amide bonds. The first kappa shape index (κ1) is 17.5. The summed E-state index contributed by atoms with van der Waals surface area (Å²) in [6.07, 6.45) is 0.0826. The van der Waals surface area contributed by atoms with Gasteiger partial charge in [-0.1, -0.05) is 19.3 Å². The van der Waals surface area contributed by atoms with E-state index in [1.807, 2.05) is 4.90 Å². The minimum absolute atomic E-state index is 0.159. The Labute approximate surface area is 138 Å². The lowest BCUT2D eigenvalue weighted by atomic mass is 9.82. The van der Waals surface area contributed by atoms with Crippen LogP contribution in [0.1, 0.15) is 32.1 Å². The molecule has 9 heteroatoms. The molecule has 0 radical (unpaired) electrons. The quantitative estimate of drug-likeness (QED) is 0.783. The number of carbonyl (C=O) groups is 2. The number of hydrogen-bond acceptors (Lipinski definition) is 4. The summed E-state index contributed by atoms with van der Waals surface area (Å²) >= 11 is 0. The lowest BCUT2D eigenvalue weighted by molar-refractivity contribution is -0.149. The first-order valence-electron chi connectivity index (χ1n) is 8.45. The first-order chi connectivity index (χ1) is 11.3. The molecular weight excluding hydrogens is 325 g/mol. The van der Waals surface area contributed by atoms with E-state index in [0.29, 0.717) is 25.9 Å². The van der Waals surface area contributed by atoms with E-state index in [4.69, 9.17) is 0 Å². The van der Waals surface area contributed by atoms with Crippen LogP contribution in [-0.4, -0.2) is 77.7 Å².